The Kier molecular flexibility index (Phi) is 6.57. The molecule has 33 heavy (non-hydrogen) atoms. The molecule has 170 valence electrons. The van der Waals surface area contributed by atoms with E-state index in [9.17, 15) is 13.2 Å². The molecular formula is C24H22ClN3O4S. The SMILES string of the molecule is COc1ccc(S(=O)(=O)Nc2ccc(Cl)cc2)cc1NC(=O)CCc1c[nH]c2ccccc12. The molecule has 9 heteroatoms. The summed E-state index contributed by atoms with van der Waals surface area (Å²) in [5, 5.41) is 4.35. The molecule has 7 nitrogen and oxygen atoms in total. The second-order valence-corrected chi connectivity index (χ2v) is 9.50. The molecule has 0 aliphatic heterocycles. The van der Waals surface area contributed by atoms with Crippen molar-refractivity contribution in [1.82, 2.24) is 4.98 Å². The summed E-state index contributed by atoms with van der Waals surface area (Å²) in [5.74, 6) is 0.111. The average molecular weight is 484 g/mol. The quantitative estimate of drug-likeness (QED) is 0.320. The van der Waals surface area contributed by atoms with Crippen molar-refractivity contribution < 1.29 is 17.9 Å². The minimum atomic E-state index is -3.89. The van der Waals surface area contributed by atoms with E-state index >= 15 is 0 Å². The molecule has 3 N–H and O–H groups in total. The Morgan fingerprint density at radius 1 is 1.06 bits per heavy atom. The van der Waals surface area contributed by atoms with E-state index in [0.717, 1.165) is 16.5 Å². The minimum absolute atomic E-state index is 0.00909. The van der Waals surface area contributed by atoms with Crippen molar-refractivity contribution in [1.29, 1.82) is 0 Å². The van der Waals surface area contributed by atoms with Gasteiger partial charge in [-0.05, 0) is 60.5 Å². The number of carbonyl (C=O) groups is 1. The zero-order valence-electron chi connectivity index (χ0n) is 17.8. The summed E-state index contributed by atoms with van der Waals surface area (Å²) in [6, 6.07) is 18.5. The van der Waals surface area contributed by atoms with Crippen LogP contribution in [0.15, 0.2) is 77.8 Å². The van der Waals surface area contributed by atoms with E-state index < -0.39 is 10.0 Å². The van der Waals surface area contributed by atoms with E-state index in [4.69, 9.17) is 16.3 Å². The second kappa shape index (κ2) is 9.56. The largest absolute Gasteiger partial charge is 0.495 e. The maximum atomic E-state index is 12.8. The van der Waals surface area contributed by atoms with Crippen LogP contribution in [0.4, 0.5) is 11.4 Å². The molecule has 1 aromatic heterocycles. The van der Waals surface area contributed by atoms with Gasteiger partial charge in [-0.2, -0.15) is 0 Å². The highest BCUT2D eigenvalue weighted by atomic mass is 35.5. The summed E-state index contributed by atoms with van der Waals surface area (Å²) < 4.78 is 33.5. The normalized spacial score (nSPS) is 11.3. The van der Waals surface area contributed by atoms with Gasteiger partial charge in [0.25, 0.3) is 10.0 Å². The fourth-order valence-corrected chi connectivity index (χ4v) is 4.69. The first-order valence-corrected chi connectivity index (χ1v) is 12.0. The Hall–Kier alpha value is -3.49. The van der Waals surface area contributed by atoms with Crippen LogP contribution in [-0.4, -0.2) is 26.4 Å². The van der Waals surface area contributed by atoms with Crippen LogP contribution in [0.5, 0.6) is 5.75 Å². The van der Waals surface area contributed by atoms with Crippen LogP contribution in [0.3, 0.4) is 0 Å². The van der Waals surface area contributed by atoms with Crippen molar-refractivity contribution in [3.05, 3.63) is 83.5 Å². The number of hydrogen-bond acceptors (Lipinski definition) is 4. The molecule has 4 aromatic rings. The zero-order chi connectivity index (χ0) is 23.4. The summed E-state index contributed by atoms with van der Waals surface area (Å²) in [5.41, 5.74) is 2.71. The van der Waals surface area contributed by atoms with Gasteiger partial charge in [-0.25, -0.2) is 8.42 Å². The molecule has 0 radical (unpaired) electrons. The molecule has 1 amide bonds. The number of sulfonamides is 1. The van der Waals surface area contributed by atoms with Gasteiger partial charge in [-0.1, -0.05) is 29.8 Å². The van der Waals surface area contributed by atoms with E-state index in [1.807, 2.05) is 30.5 Å². The predicted octanol–water partition coefficient (Wildman–Crippen LogP) is 5.20. The highest BCUT2D eigenvalue weighted by molar-refractivity contribution is 7.92. The van der Waals surface area contributed by atoms with Crippen LogP contribution in [0.1, 0.15) is 12.0 Å². The van der Waals surface area contributed by atoms with Gasteiger partial charge >= 0.3 is 0 Å². The first-order chi connectivity index (χ1) is 15.9. The van der Waals surface area contributed by atoms with Gasteiger partial charge in [0.2, 0.25) is 5.91 Å². The number of aryl methyl sites for hydroxylation is 1. The first kappa shape index (κ1) is 22.7. The van der Waals surface area contributed by atoms with E-state index in [1.165, 1.54) is 25.3 Å². The molecule has 4 rings (SSSR count). The number of rotatable bonds is 8. The molecule has 0 bridgehead atoms. The molecule has 0 aliphatic rings. The Morgan fingerprint density at radius 2 is 1.82 bits per heavy atom. The van der Waals surface area contributed by atoms with Crippen molar-refractivity contribution in [3.63, 3.8) is 0 Å². The van der Waals surface area contributed by atoms with Crippen LogP contribution in [0, 0.1) is 0 Å². The van der Waals surface area contributed by atoms with Gasteiger partial charge in [0.1, 0.15) is 5.75 Å². The van der Waals surface area contributed by atoms with Crippen molar-refractivity contribution in [2.24, 2.45) is 0 Å². The lowest BCUT2D eigenvalue weighted by atomic mass is 10.1. The number of anilines is 2. The number of hydrogen-bond donors (Lipinski definition) is 3. The van der Waals surface area contributed by atoms with Gasteiger partial charge in [0.15, 0.2) is 0 Å². The molecule has 0 aliphatic carbocycles. The molecule has 0 unspecified atom stereocenters. The van der Waals surface area contributed by atoms with Crippen LogP contribution in [0.25, 0.3) is 10.9 Å². The number of benzene rings is 3. The van der Waals surface area contributed by atoms with Gasteiger partial charge in [-0.15, -0.1) is 0 Å². The minimum Gasteiger partial charge on any atom is -0.495 e. The standard InChI is InChI=1S/C24H22ClN3O4S/c1-32-23-12-11-19(33(30,31)28-18-9-7-17(25)8-10-18)14-22(23)27-24(29)13-6-16-15-26-21-5-3-2-4-20(16)21/h2-5,7-12,14-15,26,28H,6,13H2,1H3,(H,27,29). The lowest BCUT2D eigenvalue weighted by Gasteiger charge is -2.13. The molecule has 0 spiro atoms. The number of fused-ring (bicyclic) bond motifs is 1. The van der Waals surface area contributed by atoms with Crippen molar-refractivity contribution >= 4 is 49.8 Å². The third-order valence-electron chi connectivity index (χ3n) is 5.15. The Labute approximate surface area is 196 Å². The topological polar surface area (TPSA) is 100 Å². The number of nitrogens with one attached hydrogen (secondary N) is 3. The molecule has 0 saturated heterocycles. The molecule has 0 atom stereocenters. The number of H-pyrrole nitrogens is 1. The maximum Gasteiger partial charge on any atom is 0.261 e. The third-order valence-corrected chi connectivity index (χ3v) is 6.78. The zero-order valence-corrected chi connectivity index (χ0v) is 19.3. The van der Waals surface area contributed by atoms with Gasteiger partial charge in [-0.3, -0.25) is 9.52 Å². The highest BCUT2D eigenvalue weighted by Crippen LogP contribution is 2.29. The summed E-state index contributed by atoms with van der Waals surface area (Å²) in [6.07, 6.45) is 2.66. The van der Waals surface area contributed by atoms with E-state index in [-0.39, 0.29) is 22.9 Å². The monoisotopic (exact) mass is 483 g/mol. The van der Waals surface area contributed by atoms with E-state index in [0.29, 0.717) is 22.9 Å². The molecule has 1 heterocycles. The first-order valence-electron chi connectivity index (χ1n) is 10.2. The number of amides is 1. The number of para-hydroxylation sites is 1. The van der Waals surface area contributed by atoms with Crippen LogP contribution >= 0.6 is 11.6 Å². The Bertz CT molecular complexity index is 1400. The van der Waals surface area contributed by atoms with E-state index in [1.54, 1.807) is 24.3 Å². The Morgan fingerprint density at radius 3 is 2.58 bits per heavy atom. The molecular weight excluding hydrogens is 462 g/mol. The van der Waals surface area contributed by atoms with Crippen LogP contribution < -0.4 is 14.8 Å². The molecule has 0 fully saturated rings. The number of carbonyl (C=O) groups excluding carboxylic acids is 1. The number of ether oxygens (including phenoxy) is 1. The third kappa shape index (κ3) is 5.30. The van der Waals surface area contributed by atoms with Crippen LogP contribution in [0.2, 0.25) is 5.02 Å². The number of halogens is 1. The lowest BCUT2D eigenvalue weighted by molar-refractivity contribution is -0.116. The summed E-state index contributed by atoms with van der Waals surface area (Å²) >= 11 is 5.86. The van der Waals surface area contributed by atoms with Crippen molar-refractivity contribution in [2.75, 3.05) is 17.1 Å². The number of aromatic amines is 1. The smallest absolute Gasteiger partial charge is 0.261 e. The maximum absolute atomic E-state index is 12.8. The fourth-order valence-electron chi connectivity index (χ4n) is 3.48. The van der Waals surface area contributed by atoms with Crippen molar-refractivity contribution in [2.45, 2.75) is 17.7 Å². The van der Waals surface area contributed by atoms with E-state index in [2.05, 4.69) is 15.0 Å². The lowest BCUT2D eigenvalue weighted by Crippen LogP contribution is -2.16. The Balaban J connectivity index is 1.49. The highest BCUT2D eigenvalue weighted by Gasteiger charge is 2.18. The number of aromatic nitrogens is 1. The second-order valence-electron chi connectivity index (χ2n) is 7.38. The predicted molar refractivity (Wildman–Crippen MR) is 131 cm³/mol. The molecule has 0 saturated carbocycles. The summed E-state index contributed by atoms with van der Waals surface area (Å²) in [4.78, 5) is 15.8. The van der Waals surface area contributed by atoms with Gasteiger partial charge in [0.05, 0.1) is 17.7 Å². The van der Waals surface area contributed by atoms with Crippen LogP contribution in [-0.2, 0) is 21.2 Å². The molecule has 3 aromatic carbocycles. The van der Waals surface area contributed by atoms with Gasteiger partial charge < -0.3 is 15.0 Å². The number of methoxy groups -OCH3 is 1. The average Bonchev–Trinajstić information content (AvgIpc) is 3.22. The summed E-state index contributed by atoms with van der Waals surface area (Å²) in [7, 11) is -2.43. The van der Waals surface area contributed by atoms with Crippen molar-refractivity contribution in [3.8, 4) is 5.75 Å². The fraction of sp³-hybridized carbons (Fsp3) is 0.125. The van der Waals surface area contributed by atoms with Gasteiger partial charge in [0, 0.05) is 34.2 Å². The summed E-state index contributed by atoms with van der Waals surface area (Å²) in [6.45, 7) is 0.